The highest BCUT2D eigenvalue weighted by molar-refractivity contribution is 7.13. The molecule has 2 aliphatic heterocycles. The van der Waals surface area contributed by atoms with Crippen LogP contribution in [0.3, 0.4) is 0 Å². The number of nitrogens with zero attached hydrogens (tertiary/aromatic N) is 6. The summed E-state index contributed by atoms with van der Waals surface area (Å²) in [6.45, 7) is 2.42. The van der Waals surface area contributed by atoms with Crippen molar-refractivity contribution in [3.8, 4) is 5.75 Å². The van der Waals surface area contributed by atoms with Gasteiger partial charge in [-0.05, 0) is 68.5 Å². The van der Waals surface area contributed by atoms with Crippen molar-refractivity contribution in [1.82, 2.24) is 45.8 Å². The van der Waals surface area contributed by atoms with E-state index in [1.807, 2.05) is 23.6 Å². The van der Waals surface area contributed by atoms with Crippen LogP contribution in [-0.4, -0.2) is 97.8 Å². The van der Waals surface area contributed by atoms with E-state index in [9.17, 15) is 28.4 Å². The maximum atomic E-state index is 14.7. The quantitative estimate of drug-likeness (QED) is 0.0517. The molecule has 21 heteroatoms. The van der Waals surface area contributed by atoms with E-state index in [0.717, 1.165) is 5.69 Å². The number of nitrogens with one attached hydrogen (secondary N) is 5. The first-order valence-corrected chi connectivity index (χ1v) is 23.0. The van der Waals surface area contributed by atoms with E-state index in [4.69, 9.17) is 26.1 Å². The Bertz CT molecular complexity index is 2550. The van der Waals surface area contributed by atoms with E-state index >= 15 is 0 Å². The smallest absolute Gasteiger partial charge is 0.255 e. The second kappa shape index (κ2) is 21.3. The van der Waals surface area contributed by atoms with Gasteiger partial charge in [0.15, 0.2) is 16.7 Å². The van der Waals surface area contributed by atoms with Crippen molar-refractivity contribution in [3.63, 3.8) is 0 Å². The Morgan fingerprint density at radius 2 is 1.83 bits per heavy atom. The van der Waals surface area contributed by atoms with Gasteiger partial charge in [0.1, 0.15) is 17.6 Å². The van der Waals surface area contributed by atoms with Crippen LogP contribution in [0, 0.1) is 11.2 Å². The Kier molecular flexibility index (Phi) is 14.9. The molecule has 5 aromatic rings. The summed E-state index contributed by atoms with van der Waals surface area (Å²) in [5.74, 6) is -1.41. The number of benzene rings is 2. The fraction of sp³-hybridized carbons (Fsp3) is 0.400. The standard InChI is InChI=1S/C45H49ClFN11O7S/c46-33-6-3-8-36(40(33)47)65-30-12-15-45(16-13-30,24-28-4-1-9-37(51-28)53-44-49-19-23-66-44)43(63)50-25-29-26-57(56-55-29)20-22-64-21-18-48-17-14-39(60)52-34-7-2-5-31-32(34)27-58(42(31)62)35-10-11-38(59)54-41(35)61/h1-9,19,23,26,30,35,48H,10-18,20-22,24-25,27H2,(H,50,63)(H,52,60)(H,49,51,53)(H,54,59,61). The van der Waals surface area contributed by atoms with Gasteiger partial charge in [0.05, 0.1) is 49.0 Å². The Labute approximate surface area is 388 Å². The van der Waals surface area contributed by atoms with E-state index in [2.05, 4.69) is 41.9 Å². The monoisotopic (exact) mass is 941 g/mol. The number of imide groups is 1. The summed E-state index contributed by atoms with van der Waals surface area (Å²) in [4.78, 5) is 74.6. The Hall–Kier alpha value is -6.35. The summed E-state index contributed by atoms with van der Waals surface area (Å²) in [5.41, 5.74) is 2.10. The molecule has 5 heterocycles. The van der Waals surface area contributed by atoms with Crippen LogP contribution in [0.25, 0.3) is 0 Å². The van der Waals surface area contributed by atoms with E-state index in [-0.39, 0.29) is 72.9 Å². The van der Waals surface area contributed by atoms with Crippen molar-refractivity contribution in [2.45, 2.75) is 83.1 Å². The number of halogens is 2. The summed E-state index contributed by atoms with van der Waals surface area (Å²) >= 11 is 7.45. The van der Waals surface area contributed by atoms with Gasteiger partial charge in [-0.25, -0.2) is 19.0 Å². The number of anilines is 3. The molecule has 0 spiro atoms. The zero-order valence-electron chi connectivity index (χ0n) is 35.9. The number of piperidine rings is 1. The van der Waals surface area contributed by atoms with Crippen LogP contribution in [0.5, 0.6) is 5.75 Å². The summed E-state index contributed by atoms with van der Waals surface area (Å²) in [5, 5.41) is 25.7. The molecular weight excluding hydrogens is 893 g/mol. The summed E-state index contributed by atoms with van der Waals surface area (Å²) in [6, 6.07) is 14.7. The highest BCUT2D eigenvalue weighted by atomic mass is 35.5. The predicted octanol–water partition coefficient (Wildman–Crippen LogP) is 4.93. The van der Waals surface area contributed by atoms with Crippen molar-refractivity contribution >= 4 is 69.1 Å². The number of carbonyl (C=O) groups is 5. The number of ether oxygens (including phenoxy) is 2. The second-order valence-electron chi connectivity index (χ2n) is 16.4. The molecule has 1 atom stereocenters. The minimum absolute atomic E-state index is 0.0114. The molecule has 0 bridgehead atoms. The van der Waals surface area contributed by atoms with E-state index in [1.54, 1.807) is 47.4 Å². The van der Waals surface area contributed by atoms with Crippen molar-refractivity contribution in [2.24, 2.45) is 5.41 Å². The van der Waals surface area contributed by atoms with Crippen LogP contribution in [-0.2, 0) is 50.0 Å². The number of carbonyl (C=O) groups excluding carboxylic acids is 5. The summed E-state index contributed by atoms with van der Waals surface area (Å²) < 4.78 is 28.1. The lowest BCUT2D eigenvalue weighted by atomic mass is 9.69. The molecule has 1 saturated carbocycles. The van der Waals surface area contributed by atoms with E-state index < -0.39 is 23.2 Å². The third-order valence-electron chi connectivity index (χ3n) is 11.9. The van der Waals surface area contributed by atoms with Crippen LogP contribution < -0.4 is 31.3 Å². The van der Waals surface area contributed by atoms with Crippen molar-refractivity contribution in [3.05, 3.63) is 106 Å². The number of fused-ring (bicyclic) bond motifs is 1. The Morgan fingerprint density at radius 3 is 2.65 bits per heavy atom. The first-order chi connectivity index (χ1) is 32.0. The molecule has 3 aromatic heterocycles. The molecule has 346 valence electrons. The van der Waals surface area contributed by atoms with Crippen molar-refractivity contribution < 1.29 is 37.8 Å². The van der Waals surface area contributed by atoms with Crippen LogP contribution in [0.1, 0.15) is 72.3 Å². The van der Waals surface area contributed by atoms with E-state index in [0.29, 0.717) is 98.4 Å². The third kappa shape index (κ3) is 11.4. The minimum Gasteiger partial charge on any atom is -0.487 e. The lowest BCUT2D eigenvalue weighted by Gasteiger charge is -2.39. The number of thiazole rings is 1. The second-order valence-corrected chi connectivity index (χ2v) is 17.7. The summed E-state index contributed by atoms with van der Waals surface area (Å²) in [6.07, 6.45) is 6.16. The first-order valence-electron chi connectivity index (χ1n) is 21.8. The van der Waals surface area contributed by atoms with Crippen molar-refractivity contribution in [1.29, 1.82) is 0 Å². The van der Waals surface area contributed by atoms with E-state index in [1.165, 1.54) is 22.3 Å². The molecule has 1 unspecified atom stereocenters. The van der Waals surface area contributed by atoms with Gasteiger partial charge < -0.3 is 35.6 Å². The number of aromatic nitrogens is 5. The number of hydrogen-bond donors (Lipinski definition) is 5. The normalized spacial score (nSPS) is 19.3. The summed E-state index contributed by atoms with van der Waals surface area (Å²) in [7, 11) is 0. The molecule has 18 nitrogen and oxygen atoms in total. The molecule has 1 aliphatic carbocycles. The third-order valence-corrected chi connectivity index (χ3v) is 12.8. The maximum absolute atomic E-state index is 14.7. The fourth-order valence-corrected chi connectivity index (χ4v) is 9.13. The lowest BCUT2D eigenvalue weighted by Crippen LogP contribution is -2.52. The van der Waals surface area contributed by atoms with Gasteiger partial charge in [0.2, 0.25) is 23.6 Å². The Balaban J connectivity index is 0.760. The van der Waals surface area contributed by atoms with Gasteiger partial charge in [-0.15, -0.1) is 16.4 Å². The molecule has 66 heavy (non-hydrogen) atoms. The molecular formula is C45H49ClFN11O7S. The fourth-order valence-electron chi connectivity index (χ4n) is 8.42. The molecule has 1 saturated heterocycles. The molecule has 5 N–H and O–H groups in total. The maximum Gasteiger partial charge on any atom is 0.255 e. The molecule has 8 rings (SSSR count). The van der Waals surface area contributed by atoms with Crippen LogP contribution in [0.15, 0.2) is 72.4 Å². The van der Waals surface area contributed by atoms with Gasteiger partial charge in [-0.2, -0.15) is 0 Å². The lowest BCUT2D eigenvalue weighted by molar-refractivity contribution is -0.137. The van der Waals surface area contributed by atoms with Crippen LogP contribution >= 0.6 is 22.9 Å². The number of pyridine rings is 1. The van der Waals surface area contributed by atoms with Crippen LogP contribution in [0.2, 0.25) is 5.02 Å². The SMILES string of the molecule is O=C1CCC(N2Cc3c(NC(=O)CCNCCOCCn4cc(CNC(=O)C5(Cc6cccc(Nc7nccs7)n6)CCC(Oc6cccc(Cl)c6F)CC5)nn4)cccc3C2=O)C(=O)N1. The zero-order chi connectivity index (χ0) is 46.0. The van der Waals surface area contributed by atoms with Crippen molar-refractivity contribution in [2.75, 3.05) is 36.9 Å². The predicted molar refractivity (Wildman–Crippen MR) is 241 cm³/mol. The largest absolute Gasteiger partial charge is 0.487 e. The Morgan fingerprint density at radius 1 is 1.00 bits per heavy atom. The topological polar surface area (TPSA) is 224 Å². The molecule has 0 radical (unpaired) electrons. The van der Waals surface area contributed by atoms with Gasteiger partial charge in [0.25, 0.3) is 5.91 Å². The highest BCUT2D eigenvalue weighted by Gasteiger charge is 2.43. The van der Waals surface area contributed by atoms with Crippen LogP contribution in [0.4, 0.5) is 21.0 Å². The molecule has 2 aromatic carbocycles. The van der Waals surface area contributed by atoms with Gasteiger partial charge in [0, 0.05) is 73.0 Å². The average Bonchev–Trinajstić information content (AvgIpc) is 4.08. The molecule has 5 amide bonds. The highest BCUT2D eigenvalue weighted by Crippen LogP contribution is 2.42. The van der Waals surface area contributed by atoms with Gasteiger partial charge in [-0.1, -0.05) is 35.0 Å². The number of amides is 5. The molecule has 3 aliphatic rings. The first kappa shape index (κ1) is 46.2. The molecule has 2 fully saturated rings. The number of hydrogen-bond acceptors (Lipinski definition) is 14. The number of rotatable bonds is 20. The average molecular weight is 942 g/mol. The van der Waals surface area contributed by atoms with Gasteiger partial charge in [-0.3, -0.25) is 29.3 Å². The zero-order valence-corrected chi connectivity index (χ0v) is 37.5. The minimum atomic E-state index is -0.811. The van der Waals surface area contributed by atoms with Gasteiger partial charge >= 0.3 is 0 Å².